The molecule has 2 aromatic heterocycles. The molecular formula is C21H26N4O3. The lowest BCUT2D eigenvalue weighted by molar-refractivity contribution is 0.0603. The van der Waals surface area contributed by atoms with Crippen LogP contribution >= 0.6 is 0 Å². The van der Waals surface area contributed by atoms with Gasteiger partial charge in [0.2, 0.25) is 0 Å². The molecule has 1 fully saturated rings. The summed E-state index contributed by atoms with van der Waals surface area (Å²) in [7, 11) is 1.60. The van der Waals surface area contributed by atoms with Gasteiger partial charge < -0.3 is 14.1 Å². The third-order valence-corrected chi connectivity index (χ3v) is 5.33. The number of carbonyl (C=O) groups is 1. The Labute approximate surface area is 164 Å². The molecule has 0 spiro atoms. The minimum atomic E-state index is -0.0588. The zero-order valence-corrected chi connectivity index (χ0v) is 16.6. The highest BCUT2D eigenvalue weighted by atomic mass is 16.5. The fraction of sp³-hybridized carbons (Fsp3) is 0.429. The summed E-state index contributed by atoms with van der Waals surface area (Å²) in [4.78, 5) is 17.1. The van der Waals surface area contributed by atoms with E-state index in [9.17, 15) is 4.79 Å². The zero-order chi connectivity index (χ0) is 19.7. The molecule has 0 bridgehead atoms. The lowest BCUT2D eigenvalue weighted by Gasteiger charge is -2.34. The highest BCUT2D eigenvalue weighted by molar-refractivity contribution is 5.97. The molecule has 28 heavy (non-hydrogen) atoms. The van der Waals surface area contributed by atoms with Crippen LogP contribution in [-0.4, -0.2) is 65.3 Å². The van der Waals surface area contributed by atoms with Gasteiger partial charge in [-0.1, -0.05) is 12.1 Å². The van der Waals surface area contributed by atoms with E-state index in [0.29, 0.717) is 30.2 Å². The molecule has 7 nitrogen and oxygen atoms in total. The standard InChI is InChI=1S/C21H26N4O3/c1-15-13-16(2)25(22-15)12-9-23-7-10-24(11-8-23)21(26)19-14-17-5-4-6-18(27-3)20(17)28-19/h4-6,13-14H,7-12H2,1-3H3. The van der Waals surface area contributed by atoms with Gasteiger partial charge in [-0.15, -0.1) is 0 Å². The molecule has 3 heterocycles. The first kappa shape index (κ1) is 18.6. The number of hydrogen-bond donors (Lipinski definition) is 0. The molecule has 1 amide bonds. The van der Waals surface area contributed by atoms with Crippen molar-refractivity contribution in [2.75, 3.05) is 39.8 Å². The first-order valence-corrected chi connectivity index (χ1v) is 9.64. The van der Waals surface area contributed by atoms with Gasteiger partial charge in [0, 0.05) is 43.8 Å². The predicted molar refractivity (Wildman–Crippen MR) is 107 cm³/mol. The van der Waals surface area contributed by atoms with Crippen molar-refractivity contribution in [1.82, 2.24) is 19.6 Å². The number of aryl methyl sites for hydroxylation is 2. The number of methoxy groups -OCH3 is 1. The molecule has 1 saturated heterocycles. The molecule has 148 valence electrons. The summed E-state index contributed by atoms with van der Waals surface area (Å²) in [6.07, 6.45) is 0. The molecule has 0 radical (unpaired) electrons. The number of benzene rings is 1. The fourth-order valence-corrected chi connectivity index (χ4v) is 3.77. The molecule has 1 aliphatic heterocycles. The first-order valence-electron chi connectivity index (χ1n) is 9.64. The fourth-order valence-electron chi connectivity index (χ4n) is 3.77. The number of rotatable bonds is 5. The van der Waals surface area contributed by atoms with Crippen molar-refractivity contribution in [3.8, 4) is 5.75 Å². The number of aromatic nitrogens is 2. The van der Waals surface area contributed by atoms with Crippen LogP contribution < -0.4 is 4.74 Å². The van der Waals surface area contributed by atoms with Crippen LogP contribution in [0.5, 0.6) is 5.75 Å². The maximum Gasteiger partial charge on any atom is 0.289 e. The predicted octanol–water partition coefficient (Wildman–Crippen LogP) is 2.71. The van der Waals surface area contributed by atoms with Crippen molar-refractivity contribution in [2.24, 2.45) is 0 Å². The summed E-state index contributed by atoms with van der Waals surface area (Å²) in [5.74, 6) is 0.956. The highest BCUT2D eigenvalue weighted by Gasteiger charge is 2.25. The van der Waals surface area contributed by atoms with Gasteiger partial charge in [-0.25, -0.2) is 0 Å². The summed E-state index contributed by atoms with van der Waals surface area (Å²) in [5, 5.41) is 5.40. The molecular weight excluding hydrogens is 356 g/mol. The van der Waals surface area contributed by atoms with Gasteiger partial charge in [0.25, 0.3) is 5.91 Å². The van der Waals surface area contributed by atoms with Crippen LogP contribution in [0.15, 0.2) is 34.7 Å². The molecule has 0 N–H and O–H groups in total. The molecule has 0 unspecified atom stereocenters. The molecule has 1 aliphatic rings. The van der Waals surface area contributed by atoms with E-state index in [1.807, 2.05) is 30.0 Å². The van der Waals surface area contributed by atoms with Gasteiger partial charge in [-0.2, -0.15) is 5.10 Å². The van der Waals surface area contributed by atoms with Gasteiger partial charge in [0.15, 0.2) is 17.1 Å². The van der Waals surface area contributed by atoms with Crippen molar-refractivity contribution >= 4 is 16.9 Å². The second-order valence-electron chi connectivity index (χ2n) is 7.27. The second-order valence-corrected chi connectivity index (χ2v) is 7.27. The van der Waals surface area contributed by atoms with Gasteiger partial charge in [-0.3, -0.25) is 14.4 Å². The van der Waals surface area contributed by atoms with Crippen LogP contribution in [0.1, 0.15) is 21.9 Å². The quantitative estimate of drug-likeness (QED) is 0.679. The summed E-state index contributed by atoms with van der Waals surface area (Å²) >= 11 is 0. The number of hydrogen-bond acceptors (Lipinski definition) is 5. The Morgan fingerprint density at radius 3 is 2.61 bits per heavy atom. The third-order valence-electron chi connectivity index (χ3n) is 5.33. The number of nitrogens with zero attached hydrogens (tertiary/aromatic N) is 4. The van der Waals surface area contributed by atoms with E-state index in [1.54, 1.807) is 13.2 Å². The smallest absolute Gasteiger partial charge is 0.289 e. The van der Waals surface area contributed by atoms with Crippen molar-refractivity contribution in [2.45, 2.75) is 20.4 Å². The summed E-state index contributed by atoms with van der Waals surface area (Å²) < 4.78 is 13.2. The summed E-state index contributed by atoms with van der Waals surface area (Å²) in [6, 6.07) is 9.55. The monoisotopic (exact) mass is 382 g/mol. The number of ether oxygens (including phenoxy) is 1. The van der Waals surface area contributed by atoms with Crippen LogP contribution in [-0.2, 0) is 6.54 Å². The second kappa shape index (κ2) is 7.67. The van der Waals surface area contributed by atoms with E-state index < -0.39 is 0 Å². The van der Waals surface area contributed by atoms with Crippen LogP contribution in [0.3, 0.4) is 0 Å². The summed E-state index contributed by atoms with van der Waals surface area (Å²) in [5.41, 5.74) is 2.86. The number of amides is 1. The zero-order valence-electron chi connectivity index (χ0n) is 16.6. The van der Waals surface area contributed by atoms with Crippen LogP contribution in [0.4, 0.5) is 0 Å². The van der Waals surface area contributed by atoms with Gasteiger partial charge in [-0.05, 0) is 32.0 Å². The minimum absolute atomic E-state index is 0.0588. The number of fused-ring (bicyclic) bond motifs is 1. The normalized spacial score (nSPS) is 15.3. The molecule has 7 heteroatoms. The maximum absolute atomic E-state index is 12.9. The van der Waals surface area contributed by atoms with Crippen molar-refractivity contribution in [3.05, 3.63) is 47.5 Å². The molecule has 0 aliphatic carbocycles. The molecule has 0 saturated carbocycles. The van der Waals surface area contributed by atoms with E-state index >= 15 is 0 Å². The Morgan fingerprint density at radius 2 is 1.93 bits per heavy atom. The largest absolute Gasteiger partial charge is 0.493 e. The third kappa shape index (κ3) is 3.62. The van der Waals surface area contributed by atoms with Crippen LogP contribution in [0.25, 0.3) is 11.0 Å². The lowest BCUT2D eigenvalue weighted by atomic mass is 10.2. The Balaban J connectivity index is 1.35. The van der Waals surface area contributed by atoms with Crippen molar-refractivity contribution in [3.63, 3.8) is 0 Å². The molecule has 1 aromatic carbocycles. The Bertz CT molecular complexity index is 983. The minimum Gasteiger partial charge on any atom is -0.493 e. The topological polar surface area (TPSA) is 63.7 Å². The van der Waals surface area contributed by atoms with E-state index in [4.69, 9.17) is 9.15 Å². The van der Waals surface area contributed by atoms with Gasteiger partial charge >= 0.3 is 0 Å². The number of carbonyl (C=O) groups excluding carboxylic acids is 1. The molecule has 3 aromatic rings. The Hall–Kier alpha value is -2.80. The van der Waals surface area contributed by atoms with E-state index in [1.165, 1.54) is 5.69 Å². The van der Waals surface area contributed by atoms with E-state index in [0.717, 1.165) is 37.3 Å². The number of piperazine rings is 1. The molecule has 0 atom stereocenters. The lowest BCUT2D eigenvalue weighted by Crippen LogP contribution is -2.49. The van der Waals surface area contributed by atoms with Crippen LogP contribution in [0, 0.1) is 13.8 Å². The Kier molecular flexibility index (Phi) is 5.09. The van der Waals surface area contributed by atoms with E-state index in [-0.39, 0.29) is 5.91 Å². The van der Waals surface area contributed by atoms with Gasteiger partial charge in [0.1, 0.15) is 0 Å². The number of para-hydroxylation sites is 1. The average molecular weight is 382 g/mol. The summed E-state index contributed by atoms with van der Waals surface area (Å²) in [6.45, 7) is 9.01. The highest BCUT2D eigenvalue weighted by Crippen LogP contribution is 2.29. The Morgan fingerprint density at radius 1 is 1.14 bits per heavy atom. The van der Waals surface area contributed by atoms with Crippen molar-refractivity contribution in [1.29, 1.82) is 0 Å². The average Bonchev–Trinajstić information content (AvgIpc) is 3.28. The SMILES string of the molecule is COc1cccc2cc(C(=O)N3CCN(CCn4nc(C)cc4C)CC3)oc12. The van der Waals surface area contributed by atoms with Gasteiger partial charge in [0.05, 0.1) is 19.3 Å². The molecule has 4 rings (SSSR count). The first-order chi connectivity index (χ1) is 13.5. The van der Waals surface area contributed by atoms with Crippen LogP contribution in [0.2, 0.25) is 0 Å². The maximum atomic E-state index is 12.9. The van der Waals surface area contributed by atoms with E-state index in [2.05, 4.69) is 27.7 Å². The number of furan rings is 1. The van der Waals surface area contributed by atoms with Crippen molar-refractivity contribution < 1.29 is 13.9 Å².